The third kappa shape index (κ3) is 4.95. The monoisotopic (exact) mass is 472 g/mol. The Kier molecular flexibility index (Phi) is 6.84. The smallest absolute Gasteiger partial charge is 0.224 e. The maximum atomic E-state index is 13.0. The summed E-state index contributed by atoms with van der Waals surface area (Å²) in [5.74, 6) is 0.899. The van der Waals surface area contributed by atoms with E-state index < -0.39 is 0 Å². The summed E-state index contributed by atoms with van der Waals surface area (Å²) in [6.45, 7) is 8.40. The van der Waals surface area contributed by atoms with Gasteiger partial charge in [-0.3, -0.25) is 4.79 Å². The molecule has 3 aromatic rings. The van der Waals surface area contributed by atoms with Gasteiger partial charge in [-0.15, -0.1) is 5.10 Å². The van der Waals surface area contributed by atoms with Gasteiger partial charge in [0.1, 0.15) is 5.52 Å². The Morgan fingerprint density at radius 1 is 1.09 bits per heavy atom. The van der Waals surface area contributed by atoms with Crippen LogP contribution in [-0.2, 0) is 4.79 Å². The Morgan fingerprint density at radius 3 is 2.69 bits per heavy atom. The SMILES string of the molecule is Cc1ccc(-n2nc3c(N4CCC[C@@H](C(=O)NCCC5=CCCCC5)C4)nnc(C)c3c2C)cc1. The number of hydrogen-bond acceptors (Lipinski definition) is 5. The summed E-state index contributed by atoms with van der Waals surface area (Å²) in [5.41, 5.74) is 6.54. The molecule has 1 saturated heterocycles. The zero-order valence-corrected chi connectivity index (χ0v) is 21.2. The lowest BCUT2D eigenvalue weighted by molar-refractivity contribution is -0.125. The molecule has 1 atom stereocenters. The number of anilines is 1. The van der Waals surface area contributed by atoms with Gasteiger partial charge in [-0.25, -0.2) is 4.68 Å². The second kappa shape index (κ2) is 10.2. The first kappa shape index (κ1) is 23.5. The second-order valence-electron chi connectivity index (χ2n) is 10.1. The van der Waals surface area contributed by atoms with Crippen molar-refractivity contribution < 1.29 is 4.79 Å². The van der Waals surface area contributed by atoms with Crippen molar-refractivity contribution >= 4 is 22.6 Å². The number of nitrogens with one attached hydrogen (secondary N) is 1. The number of allylic oxidation sites excluding steroid dienone is 1. The third-order valence-electron chi connectivity index (χ3n) is 7.49. The van der Waals surface area contributed by atoms with Gasteiger partial charge >= 0.3 is 0 Å². The number of carbonyl (C=O) groups excluding carboxylic acids is 1. The predicted molar refractivity (Wildman–Crippen MR) is 140 cm³/mol. The molecule has 1 fully saturated rings. The fraction of sp³-hybridized carbons (Fsp3) is 0.500. The molecule has 2 aromatic heterocycles. The van der Waals surface area contributed by atoms with Gasteiger partial charge in [0.05, 0.1) is 28.4 Å². The number of nitrogens with zero attached hydrogens (tertiary/aromatic N) is 5. The van der Waals surface area contributed by atoms with E-state index in [1.54, 1.807) is 0 Å². The van der Waals surface area contributed by atoms with Crippen molar-refractivity contribution in [3.05, 3.63) is 52.9 Å². The normalized spacial score (nSPS) is 18.5. The Hall–Kier alpha value is -3.22. The molecule has 1 amide bonds. The first-order valence-corrected chi connectivity index (χ1v) is 13.0. The summed E-state index contributed by atoms with van der Waals surface area (Å²) in [4.78, 5) is 15.2. The Balaban J connectivity index is 1.34. The van der Waals surface area contributed by atoms with E-state index in [0.717, 1.165) is 66.1 Å². The molecule has 7 heteroatoms. The molecule has 1 aliphatic heterocycles. The highest BCUT2D eigenvalue weighted by Gasteiger charge is 2.29. The molecule has 0 unspecified atom stereocenters. The molecule has 7 nitrogen and oxygen atoms in total. The van der Waals surface area contributed by atoms with Crippen LogP contribution >= 0.6 is 0 Å². The molecule has 35 heavy (non-hydrogen) atoms. The number of amides is 1. The van der Waals surface area contributed by atoms with E-state index in [1.165, 1.54) is 36.8 Å². The van der Waals surface area contributed by atoms with Crippen LogP contribution in [0.5, 0.6) is 0 Å². The largest absolute Gasteiger partial charge is 0.355 e. The molecule has 0 radical (unpaired) electrons. The van der Waals surface area contributed by atoms with Crippen molar-refractivity contribution in [3.63, 3.8) is 0 Å². The van der Waals surface area contributed by atoms with Gasteiger partial charge in [0.15, 0.2) is 5.82 Å². The summed E-state index contributed by atoms with van der Waals surface area (Å²) in [6, 6.07) is 8.39. The summed E-state index contributed by atoms with van der Waals surface area (Å²) in [5, 5.41) is 18.3. The molecule has 1 N–H and O–H groups in total. The molecule has 0 saturated carbocycles. The lowest BCUT2D eigenvalue weighted by Gasteiger charge is -2.32. The van der Waals surface area contributed by atoms with E-state index in [4.69, 9.17) is 5.10 Å². The van der Waals surface area contributed by atoms with Crippen LogP contribution in [0.3, 0.4) is 0 Å². The topological polar surface area (TPSA) is 75.9 Å². The summed E-state index contributed by atoms with van der Waals surface area (Å²) in [7, 11) is 0. The minimum Gasteiger partial charge on any atom is -0.355 e. The van der Waals surface area contributed by atoms with Gasteiger partial charge in [-0.1, -0.05) is 29.3 Å². The van der Waals surface area contributed by atoms with E-state index >= 15 is 0 Å². The Bertz CT molecular complexity index is 1240. The van der Waals surface area contributed by atoms with Gasteiger partial charge in [0.2, 0.25) is 5.91 Å². The van der Waals surface area contributed by atoms with Gasteiger partial charge in [0, 0.05) is 19.6 Å². The number of hydrogen-bond donors (Lipinski definition) is 1. The van der Waals surface area contributed by atoms with Crippen LogP contribution in [-0.4, -0.2) is 45.5 Å². The van der Waals surface area contributed by atoms with Crippen LogP contribution in [0.15, 0.2) is 35.9 Å². The number of piperidine rings is 1. The van der Waals surface area contributed by atoms with E-state index in [9.17, 15) is 4.79 Å². The van der Waals surface area contributed by atoms with Gasteiger partial charge < -0.3 is 10.2 Å². The fourth-order valence-electron chi connectivity index (χ4n) is 5.47. The molecule has 3 heterocycles. The molecule has 184 valence electrons. The number of fused-ring (bicyclic) bond motifs is 1. The van der Waals surface area contributed by atoms with Crippen molar-refractivity contribution in [2.75, 3.05) is 24.5 Å². The number of carbonyl (C=O) groups is 1. The van der Waals surface area contributed by atoms with E-state index in [1.807, 2.05) is 11.6 Å². The maximum absolute atomic E-state index is 13.0. The van der Waals surface area contributed by atoms with Crippen LogP contribution in [0.1, 0.15) is 61.9 Å². The number of aromatic nitrogens is 4. The summed E-state index contributed by atoms with van der Waals surface area (Å²) in [6.07, 6.45) is 10.1. The van der Waals surface area contributed by atoms with Crippen LogP contribution < -0.4 is 10.2 Å². The highest BCUT2D eigenvalue weighted by Crippen LogP contribution is 2.31. The zero-order chi connectivity index (χ0) is 24.4. The average molecular weight is 473 g/mol. The molecule has 1 aliphatic carbocycles. The first-order valence-electron chi connectivity index (χ1n) is 13.0. The molecule has 1 aromatic carbocycles. The quantitative estimate of drug-likeness (QED) is 0.513. The highest BCUT2D eigenvalue weighted by atomic mass is 16.1. The van der Waals surface area contributed by atoms with Crippen molar-refractivity contribution in [1.29, 1.82) is 0 Å². The lowest BCUT2D eigenvalue weighted by Crippen LogP contribution is -2.43. The van der Waals surface area contributed by atoms with Crippen LogP contribution in [0.4, 0.5) is 5.82 Å². The fourth-order valence-corrected chi connectivity index (χ4v) is 5.47. The lowest BCUT2D eigenvalue weighted by atomic mass is 9.96. The highest BCUT2D eigenvalue weighted by molar-refractivity contribution is 5.92. The van der Waals surface area contributed by atoms with E-state index in [2.05, 4.69) is 64.6 Å². The summed E-state index contributed by atoms with van der Waals surface area (Å²) < 4.78 is 1.98. The molecular weight excluding hydrogens is 436 g/mol. The number of rotatable bonds is 6. The van der Waals surface area contributed by atoms with Crippen LogP contribution in [0, 0.1) is 26.7 Å². The van der Waals surface area contributed by atoms with Gasteiger partial charge in [0.25, 0.3) is 0 Å². The van der Waals surface area contributed by atoms with Gasteiger partial charge in [-0.2, -0.15) is 10.2 Å². The summed E-state index contributed by atoms with van der Waals surface area (Å²) >= 11 is 0. The molecular formula is C28H36N6O. The van der Waals surface area contributed by atoms with Crippen LogP contribution in [0.25, 0.3) is 16.6 Å². The van der Waals surface area contributed by atoms with Gasteiger partial charge in [-0.05, 0) is 77.8 Å². The number of aryl methyl sites for hydroxylation is 3. The minimum absolute atomic E-state index is 0.0393. The van der Waals surface area contributed by atoms with E-state index in [0.29, 0.717) is 6.54 Å². The third-order valence-corrected chi connectivity index (χ3v) is 7.49. The van der Waals surface area contributed by atoms with E-state index in [-0.39, 0.29) is 11.8 Å². The molecule has 0 bridgehead atoms. The maximum Gasteiger partial charge on any atom is 0.224 e. The van der Waals surface area contributed by atoms with Crippen molar-refractivity contribution in [1.82, 2.24) is 25.3 Å². The average Bonchev–Trinajstić information content (AvgIpc) is 3.23. The molecule has 5 rings (SSSR count). The zero-order valence-electron chi connectivity index (χ0n) is 21.2. The first-order chi connectivity index (χ1) is 17.0. The number of benzene rings is 1. The molecule has 2 aliphatic rings. The van der Waals surface area contributed by atoms with Crippen molar-refractivity contribution in [3.8, 4) is 5.69 Å². The van der Waals surface area contributed by atoms with Crippen LogP contribution in [0.2, 0.25) is 0 Å². The Morgan fingerprint density at radius 2 is 1.91 bits per heavy atom. The van der Waals surface area contributed by atoms with Crippen molar-refractivity contribution in [2.45, 2.75) is 65.7 Å². The minimum atomic E-state index is -0.0393. The predicted octanol–water partition coefficient (Wildman–Crippen LogP) is 4.96. The second-order valence-corrected chi connectivity index (χ2v) is 10.1. The molecule has 0 spiro atoms. The standard InChI is InChI=1S/C28H36N6O/c1-19-11-13-24(14-12-19)34-21(3)25-20(2)30-31-27(26(25)32-34)33-17-7-10-23(18-33)28(35)29-16-15-22-8-5-4-6-9-22/h8,11-14,23H,4-7,9-10,15-18H2,1-3H3,(H,29,35)/t23-/m1/s1. The Labute approximate surface area is 207 Å². The van der Waals surface area contributed by atoms with Crippen molar-refractivity contribution in [2.24, 2.45) is 5.92 Å².